The summed E-state index contributed by atoms with van der Waals surface area (Å²) >= 11 is 0. The minimum atomic E-state index is -0.196. The van der Waals surface area contributed by atoms with Gasteiger partial charge in [-0.05, 0) is 37.0 Å². The van der Waals surface area contributed by atoms with Gasteiger partial charge in [0.15, 0.2) is 0 Å². The quantitative estimate of drug-likeness (QED) is 0.800. The molecule has 3 heteroatoms. The van der Waals surface area contributed by atoms with Crippen molar-refractivity contribution in [3.05, 3.63) is 29.6 Å². The Morgan fingerprint density at radius 3 is 2.89 bits per heavy atom. The molecule has 0 aromatic heterocycles. The molecule has 0 heterocycles. The molecule has 1 saturated carbocycles. The summed E-state index contributed by atoms with van der Waals surface area (Å²) < 4.78 is 19.1. The van der Waals surface area contributed by atoms with Crippen molar-refractivity contribution in [3.63, 3.8) is 0 Å². The van der Waals surface area contributed by atoms with Crippen molar-refractivity contribution >= 4 is 0 Å². The van der Waals surface area contributed by atoms with Gasteiger partial charge in [0.2, 0.25) is 0 Å². The number of ether oxygens (including phenoxy) is 1. The maximum atomic E-state index is 13.3. The molecule has 1 fully saturated rings. The van der Waals surface area contributed by atoms with Gasteiger partial charge in [0.25, 0.3) is 0 Å². The van der Waals surface area contributed by atoms with Gasteiger partial charge in [0, 0.05) is 18.2 Å². The summed E-state index contributed by atoms with van der Waals surface area (Å²) in [7, 11) is 0. The number of benzene rings is 1. The van der Waals surface area contributed by atoms with Crippen LogP contribution in [-0.2, 0) is 6.54 Å². The highest BCUT2D eigenvalue weighted by atomic mass is 19.1. The summed E-state index contributed by atoms with van der Waals surface area (Å²) in [6.45, 7) is 5.69. The first-order chi connectivity index (χ1) is 8.69. The Morgan fingerprint density at radius 2 is 2.22 bits per heavy atom. The SMILES string of the molecule is CCC(C)COc1ccc(F)cc1CNC1CC1. The number of hydrogen-bond donors (Lipinski definition) is 1. The van der Waals surface area contributed by atoms with Crippen LogP contribution < -0.4 is 10.1 Å². The van der Waals surface area contributed by atoms with Gasteiger partial charge in [-0.15, -0.1) is 0 Å². The highest BCUT2D eigenvalue weighted by Gasteiger charge is 2.20. The fraction of sp³-hybridized carbons (Fsp3) is 0.600. The fourth-order valence-electron chi connectivity index (χ4n) is 1.72. The lowest BCUT2D eigenvalue weighted by Crippen LogP contribution is -2.17. The third-order valence-electron chi connectivity index (χ3n) is 3.40. The molecule has 1 N–H and O–H groups in total. The van der Waals surface area contributed by atoms with Gasteiger partial charge in [-0.2, -0.15) is 0 Å². The summed E-state index contributed by atoms with van der Waals surface area (Å²) in [5.74, 6) is 1.14. The van der Waals surface area contributed by atoms with E-state index >= 15 is 0 Å². The van der Waals surface area contributed by atoms with Crippen LogP contribution in [0, 0.1) is 11.7 Å². The van der Waals surface area contributed by atoms with Gasteiger partial charge < -0.3 is 10.1 Å². The maximum absolute atomic E-state index is 13.3. The van der Waals surface area contributed by atoms with Crippen LogP contribution in [0.2, 0.25) is 0 Å². The highest BCUT2D eigenvalue weighted by molar-refractivity contribution is 5.34. The van der Waals surface area contributed by atoms with Gasteiger partial charge in [0.05, 0.1) is 6.61 Å². The van der Waals surface area contributed by atoms with Crippen molar-refractivity contribution in [2.45, 2.75) is 45.7 Å². The second kappa shape index (κ2) is 6.19. The van der Waals surface area contributed by atoms with Crippen LogP contribution in [0.1, 0.15) is 38.7 Å². The normalized spacial score (nSPS) is 16.6. The molecule has 2 nitrogen and oxygen atoms in total. The average molecular weight is 251 g/mol. The van der Waals surface area contributed by atoms with Crippen LogP contribution in [0.5, 0.6) is 5.75 Å². The molecule has 1 aliphatic rings. The second-order valence-corrected chi connectivity index (χ2v) is 5.23. The molecule has 0 spiro atoms. The number of hydrogen-bond acceptors (Lipinski definition) is 2. The standard InChI is InChI=1S/C15H22FNO/c1-3-11(2)10-18-15-7-4-13(16)8-12(15)9-17-14-5-6-14/h4,7-8,11,14,17H,3,5-6,9-10H2,1-2H3. The van der Waals surface area contributed by atoms with Crippen LogP contribution in [0.4, 0.5) is 4.39 Å². The molecule has 1 atom stereocenters. The highest BCUT2D eigenvalue weighted by Crippen LogP contribution is 2.24. The molecule has 1 aromatic rings. The largest absolute Gasteiger partial charge is 0.493 e. The topological polar surface area (TPSA) is 21.3 Å². The van der Waals surface area contributed by atoms with Gasteiger partial charge in [0.1, 0.15) is 11.6 Å². The smallest absolute Gasteiger partial charge is 0.123 e. The molecule has 1 unspecified atom stereocenters. The molecular weight excluding hydrogens is 229 g/mol. The molecular formula is C15H22FNO. The lowest BCUT2D eigenvalue weighted by molar-refractivity contribution is 0.253. The molecule has 100 valence electrons. The molecule has 1 aromatic carbocycles. The predicted molar refractivity (Wildman–Crippen MR) is 71.2 cm³/mol. The van der Waals surface area contributed by atoms with Crippen LogP contribution in [0.15, 0.2) is 18.2 Å². The van der Waals surface area contributed by atoms with Crippen LogP contribution in [0.3, 0.4) is 0 Å². The third-order valence-corrected chi connectivity index (χ3v) is 3.40. The molecule has 0 radical (unpaired) electrons. The molecule has 0 bridgehead atoms. The molecule has 1 aliphatic carbocycles. The van der Waals surface area contributed by atoms with Gasteiger partial charge in [-0.1, -0.05) is 20.3 Å². The van der Waals surface area contributed by atoms with Crippen molar-refractivity contribution in [1.82, 2.24) is 5.32 Å². The Balaban J connectivity index is 1.97. The minimum Gasteiger partial charge on any atom is -0.493 e. The lowest BCUT2D eigenvalue weighted by Gasteiger charge is -2.15. The third kappa shape index (κ3) is 3.98. The van der Waals surface area contributed by atoms with Crippen molar-refractivity contribution < 1.29 is 9.13 Å². The summed E-state index contributed by atoms with van der Waals surface area (Å²) in [6.07, 6.45) is 3.56. The Hall–Kier alpha value is -1.09. The van der Waals surface area contributed by atoms with Crippen LogP contribution >= 0.6 is 0 Å². The Morgan fingerprint density at radius 1 is 1.44 bits per heavy atom. The summed E-state index contributed by atoms with van der Waals surface area (Å²) in [5.41, 5.74) is 0.921. The van der Waals surface area contributed by atoms with E-state index in [9.17, 15) is 4.39 Å². The Kier molecular flexibility index (Phi) is 4.59. The zero-order valence-corrected chi connectivity index (χ0v) is 11.2. The molecule has 0 amide bonds. The molecule has 0 saturated heterocycles. The predicted octanol–water partition coefficient (Wildman–Crippen LogP) is 3.50. The zero-order chi connectivity index (χ0) is 13.0. The molecule has 0 aliphatic heterocycles. The van der Waals surface area contributed by atoms with E-state index in [1.807, 2.05) is 0 Å². The van der Waals surface area contributed by atoms with E-state index in [-0.39, 0.29) is 5.82 Å². The fourth-order valence-corrected chi connectivity index (χ4v) is 1.72. The summed E-state index contributed by atoms with van der Waals surface area (Å²) in [6, 6.07) is 5.39. The van der Waals surface area contributed by atoms with E-state index in [1.54, 1.807) is 12.1 Å². The van der Waals surface area contributed by atoms with Gasteiger partial charge in [-0.3, -0.25) is 0 Å². The number of halogens is 1. The van der Waals surface area contributed by atoms with E-state index in [0.717, 1.165) is 17.7 Å². The number of nitrogens with one attached hydrogen (secondary N) is 1. The second-order valence-electron chi connectivity index (χ2n) is 5.23. The Bertz CT molecular complexity index is 390. The van der Waals surface area contributed by atoms with Crippen molar-refractivity contribution in [3.8, 4) is 5.75 Å². The van der Waals surface area contributed by atoms with E-state index in [0.29, 0.717) is 25.1 Å². The summed E-state index contributed by atoms with van der Waals surface area (Å²) in [5, 5.41) is 3.40. The summed E-state index contributed by atoms with van der Waals surface area (Å²) in [4.78, 5) is 0. The Labute approximate surface area is 109 Å². The van der Waals surface area contributed by atoms with E-state index in [1.165, 1.54) is 18.9 Å². The van der Waals surface area contributed by atoms with Crippen LogP contribution in [-0.4, -0.2) is 12.6 Å². The van der Waals surface area contributed by atoms with E-state index in [4.69, 9.17) is 4.74 Å². The minimum absolute atomic E-state index is 0.196. The first-order valence-electron chi connectivity index (χ1n) is 6.83. The maximum Gasteiger partial charge on any atom is 0.123 e. The lowest BCUT2D eigenvalue weighted by atomic mass is 10.1. The van der Waals surface area contributed by atoms with Gasteiger partial charge >= 0.3 is 0 Å². The first-order valence-corrected chi connectivity index (χ1v) is 6.83. The molecule has 18 heavy (non-hydrogen) atoms. The van der Waals surface area contributed by atoms with Crippen molar-refractivity contribution in [2.24, 2.45) is 5.92 Å². The van der Waals surface area contributed by atoms with E-state index in [2.05, 4.69) is 19.2 Å². The van der Waals surface area contributed by atoms with Crippen LogP contribution in [0.25, 0.3) is 0 Å². The first kappa shape index (κ1) is 13.3. The number of rotatable bonds is 7. The van der Waals surface area contributed by atoms with Crippen molar-refractivity contribution in [1.29, 1.82) is 0 Å². The van der Waals surface area contributed by atoms with Gasteiger partial charge in [-0.25, -0.2) is 4.39 Å². The van der Waals surface area contributed by atoms with E-state index < -0.39 is 0 Å². The average Bonchev–Trinajstić information content (AvgIpc) is 3.18. The zero-order valence-electron chi connectivity index (χ0n) is 11.2. The molecule has 2 rings (SSSR count). The monoisotopic (exact) mass is 251 g/mol. The van der Waals surface area contributed by atoms with Crippen molar-refractivity contribution in [2.75, 3.05) is 6.61 Å².